The third kappa shape index (κ3) is 4.14. The molecule has 0 atom stereocenters. The van der Waals surface area contributed by atoms with Crippen molar-refractivity contribution in [2.75, 3.05) is 20.1 Å². The standard InChI is InChI=1S/C20H31N5/c1-4-20(10-5-6-11-20)15-23-19(21-3)22-12-9-17-14-25-13-7-8-16(2)18(25)24-17/h7-8,13-14H,4-6,9-12,15H2,1-3H3,(H2,21,22,23). The maximum absolute atomic E-state index is 4.73. The van der Waals surface area contributed by atoms with Gasteiger partial charge in [-0.1, -0.05) is 25.8 Å². The fourth-order valence-electron chi connectivity index (χ4n) is 3.91. The highest BCUT2D eigenvalue weighted by atomic mass is 15.2. The van der Waals surface area contributed by atoms with Gasteiger partial charge in [-0.05, 0) is 43.2 Å². The van der Waals surface area contributed by atoms with Gasteiger partial charge in [0.15, 0.2) is 5.96 Å². The van der Waals surface area contributed by atoms with E-state index in [1.807, 2.05) is 7.05 Å². The third-order valence-electron chi connectivity index (χ3n) is 5.67. The zero-order valence-corrected chi connectivity index (χ0v) is 15.8. The van der Waals surface area contributed by atoms with Crippen LogP contribution in [0.1, 0.15) is 50.3 Å². The number of fused-ring (bicyclic) bond motifs is 1. The highest BCUT2D eigenvalue weighted by molar-refractivity contribution is 5.79. The lowest BCUT2D eigenvalue weighted by Gasteiger charge is -2.28. The smallest absolute Gasteiger partial charge is 0.191 e. The fraction of sp³-hybridized carbons (Fsp3) is 0.600. The first-order valence-corrected chi connectivity index (χ1v) is 9.53. The molecule has 2 aromatic heterocycles. The molecule has 0 aliphatic heterocycles. The molecular formula is C20H31N5. The molecule has 1 aliphatic rings. The second kappa shape index (κ2) is 7.89. The average molecular weight is 342 g/mol. The summed E-state index contributed by atoms with van der Waals surface area (Å²) in [7, 11) is 1.84. The molecule has 1 aliphatic carbocycles. The van der Waals surface area contributed by atoms with Gasteiger partial charge in [-0.2, -0.15) is 0 Å². The monoisotopic (exact) mass is 341 g/mol. The molecule has 5 nitrogen and oxygen atoms in total. The van der Waals surface area contributed by atoms with E-state index in [2.05, 4.69) is 58.4 Å². The number of hydrogen-bond acceptors (Lipinski definition) is 2. The van der Waals surface area contributed by atoms with Gasteiger partial charge in [0.2, 0.25) is 0 Å². The van der Waals surface area contributed by atoms with Gasteiger partial charge in [-0.3, -0.25) is 4.99 Å². The van der Waals surface area contributed by atoms with Crippen molar-refractivity contribution in [3.8, 4) is 0 Å². The second-order valence-electron chi connectivity index (χ2n) is 7.32. The summed E-state index contributed by atoms with van der Waals surface area (Å²) in [5.41, 5.74) is 3.83. The molecule has 5 heteroatoms. The molecule has 2 heterocycles. The molecule has 0 aromatic carbocycles. The van der Waals surface area contributed by atoms with E-state index < -0.39 is 0 Å². The van der Waals surface area contributed by atoms with Gasteiger partial charge in [-0.15, -0.1) is 0 Å². The van der Waals surface area contributed by atoms with Crippen molar-refractivity contribution in [1.29, 1.82) is 0 Å². The zero-order valence-electron chi connectivity index (χ0n) is 15.8. The van der Waals surface area contributed by atoms with E-state index >= 15 is 0 Å². The number of aliphatic imine (C=N–C) groups is 1. The SMILES string of the molecule is CCC1(CNC(=NC)NCCc2cn3cccc(C)c3n2)CCCC1. The summed E-state index contributed by atoms with van der Waals surface area (Å²) >= 11 is 0. The topological polar surface area (TPSA) is 53.7 Å². The molecule has 136 valence electrons. The van der Waals surface area contributed by atoms with Crippen LogP contribution in [-0.4, -0.2) is 35.5 Å². The Morgan fingerprint density at radius 1 is 1.32 bits per heavy atom. The van der Waals surface area contributed by atoms with Crippen molar-refractivity contribution in [3.63, 3.8) is 0 Å². The highest BCUT2D eigenvalue weighted by Crippen LogP contribution is 2.40. The van der Waals surface area contributed by atoms with Crippen LogP contribution in [0.25, 0.3) is 5.65 Å². The Morgan fingerprint density at radius 2 is 2.12 bits per heavy atom. The van der Waals surface area contributed by atoms with E-state index in [0.717, 1.165) is 36.8 Å². The average Bonchev–Trinajstić information content (AvgIpc) is 3.26. The van der Waals surface area contributed by atoms with Gasteiger partial charge in [-0.25, -0.2) is 4.98 Å². The van der Waals surface area contributed by atoms with E-state index in [0.29, 0.717) is 5.41 Å². The van der Waals surface area contributed by atoms with Crippen LogP contribution in [0, 0.1) is 12.3 Å². The van der Waals surface area contributed by atoms with Crippen LogP contribution >= 0.6 is 0 Å². The lowest BCUT2D eigenvalue weighted by atomic mass is 9.83. The minimum absolute atomic E-state index is 0.469. The van der Waals surface area contributed by atoms with Crippen molar-refractivity contribution < 1.29 is 0 Å². The van der Waals surface area contributed by atoms with Gasteiger partial charge >= 0.3 is 0 Å². The summed E-state index contributed by atoms with van der Waals surface area (Å²) in [4.78, 5) is 9.10. The van der Waals surface area contributed by atoms with Gasteiger partial charge in [0, 0.05) is 39.0 Å². The highest BCUT2D eigenvalue weighted by Gasteiger charge is 2.31. The molecule has 0 unspecified atom stereocenters. The Balaban J connectivity index is 1.50. The predicted octanol–water partition coefficient (Wildman–Crippen LogP) is 3.32. The lowest BCUT2D eigenvalue weighted by Crippen LogP contribution is -2.43. The van der Waals surface area contributed by atoms with E-state index in [1.54, 1.807) is 0 Å². The van der Waals surface area contributed by atoms with Crippen LogP contribution in [0.4, 0.5) is 0 Å². The van der Waals surface area contributed by atoms with Crippen molar-refractivity contribution in [3.05, 3.63) is 35.8 Å². The maximum atomic E-state index is 4.73. The van der Waals surface area contributed by atoms with E-state index in [9.17, 15) is 0 Å². The Morgan fingerprint density at radius 3 is 2.80 bits per heavy atom. The number of nitrogens with one attached hydrogen (secondary N) is 2. The molecular weight excluding hydrogens is 310 g/mol. The van der Waals surface area contributed by atoms with E-state index in [-0.39, 0.29) is 0 Å². The summed E-state index contributed by atoms with van der Waals surface area (Å²) in [5.74, 6) is 0.902. The second-order valence-corrected chi connectivity index (χ2v) is 7.32. The van der Waals surface area contributed by atoms with E-state index in [1.165, 1.54) is 37.7 Å². The Labute approximate surface area is 151 Å². The molecule has 0 amide bonds. The van der Waals surface area contributed by atoms with Crippen molar-refractivity contribution in [2.45, 2.75) is 52.4 Å². The number of nitrogens with zero attached hydrogens (tertiary/aromatic N) is 3. The fourth-order valence-corrected chi connectivity index (χ4v) is 3.91. The summed E-state index contributed by atoms with van der Waals surface area (Å²) < 4.78 is 2.10. The molecule has 2 N–H and O–H groups in total. The molecule has 25 heavy (non-hydrogen) atoms. The molecule has 0 saturated heterocycles. The number of aryl methyl sites for hydroxylation is 1. The van der Waals surface area contributed by atoms with Gasteiger partial charge in [0.05, 0.1) is 5.69 Å². The minimum Gasteiger partial charge on any atom is -0.356 e. The third-order valence-corrected chi connectivity index (χ3v) is 5.67. The molecule has 3 rings (SSSR count). The van der Waals surface area contributed by atoms with Crippen LogP contribution < -0.4 is 10.6 Å². The number of guanidine groups is 1. The Hall–Kier alpha value is -2.04. The van der Waals surface area contributed by atoms with Crippen LogP contribution in [-0.2, 0) is 6.42 Å². The zero-order chi connectivity index (χ0) is 17.7. The Bertz CT molecular complexity index is 725. The van der Waals surface area contributed by atoms with Crippen molar-refractivity contribution in [1.82, 2.24) is 20.0 Å². The normalized spacial score (nSPS) is 17.2. The summed E-state index contributed by atoms with van der Waals surface area (Å²) in [6.45, 7) is 6.27. The molecule has 1 saturated carbocycles. The molecule has 0 radical (unpaired) electrons. The largest absolute Gasteiger partial charge is 0.356 e. The molecule has 1 fully saturated rings. The first kappa shape index (κ1) is 17.8. The van der Waals surface area contributed by atoms with Crippen LogP contribution in [0.2, 0.25) is 0 Å². The van der Waals surface area contributed by atoms with Crippen LogP contribution in [0.5, 0.6) is 0 Å². The minimum atomic E-state index is 0.469. The number of aromatic nitrogens is 2. The van der Waals surface area contributed by atoms with Gasteiger partial charge in [0.25, 0.3) is 0 Å². The van der Waals surface area contributed by atoms with Crippen LogP contribution in [0.15, 0.2) is 29.5 Å². The molecule has 2 aromatic rings. The predicted molar refractivity (Wildman–Crippen MR) is 104 cm³/mol. The first-order chi connectivity index (χ1) is 12.2. The first-order valence-electron chi connectivity index (χ1n) is 9.53. The van der Waals surface area contributed by atoms with Crippen LogP contribution in [0.3, 0.4) is 0 Å². The lowest BCUT2D eigenvalue weighted by molar-refractivity contribution is 0.283. The quantitative estimate of drug-likeness (QED) is 0.626. The maximum Gasteiger partial charge on any atom is 0.191 e. The number of rotatable bonds is 6. The summed E-state index contributed by atoms with van der Waals surface area (Å²) in [5, 5.41) is 6.97. The molecule has 0 bridgehead atoms. The van der Waals surface area contributed by atoms with Crippen molar-refractivity contribution in [2.24, 2.45) is 10.4 Å². The molecule has 0 spiro atoms. The van der Waals surface area contributed by atoms with E-state index in [4.69, 9.17) is 4.98 Å². The van der Waals surface area contributed by atoms with Crippen molar-refractivity contribution >= 4 is 11.6 Å². The number of hydrogen-bond donors (Lipinski definition) is 2. The number of imidazole rings is 1. The summed E-state index contributed by atoms with van der Waals surface area (Å²) in [6, 6.07) is 4.16. The Kier molecular flexibility index (Phi) is 5.61. The number of pyridine rings is 1. The van der Waals surface area contributed by atoms with Gasteiger partial charge < -0.3 is 15.0 Å². The summed E-state index contributed by atoms with van der Waals surface area (Å²) in [6.07, 6.45) is 11.7. The van der Waals surface area contributed by atoms with Gasteiger partial charge in [0.1, 0.15) is 5.65 Å².